The van der Waals surface area contributed by atoms with E-state index in [1.165, 1.54) is 11.1 Å². The Balaban J connectivity index is 1.60. The van der Waals surface area contributed by atoms with Gasteiger partial charge in [0.2, 0.25) is 0 Å². The van der Waals surface area contributed by atoms with Crippen molar-refractivity contribution in [2.75, 3.05) is 0 Å². The highest BCUT2D eigenvalue weighted by molar-refractivity contribution is 6.42. The van der Waals surface area contributed by atoms with Gasteiger partial charge in [0.05, 0.1) is 10.0 Å². The van der Waals surface area contributed by atoms with Gasteiger partial charge in [0.25, 0.3) is 0 Å². The molecule has 1 aliphatic heterocycles. The van der Waals surface area contributed by atoms with E-state index in [1.807, 2.05) is 12.1 Å². The van der Waals surface area contributed by atoms with Gasteiger partial charge in [-0.15, -0.1) is 0 Å². The second kappa shape index (κ2) is 7.42. The molecule has 0 amide bonds. The molecule has 1 N–H and O–H groups in total. The Labute approximate surface area is 153 Å². The van der Waals surface area contributed by atoms with Gasteiger partial charge in [0, 0.05) is 37.3 Å². The second-order valence-electron chi connectivity index (χ2n) is 6.27. The van der Waals surface area contributed by atoms with Crippen LogP contribution in [0.2, 0.25) is 10.0 Å². The molecule has 4 heteroatoms. The molecule has 1 aliphatic rings. The van der Waals surface area contributed by atoms with Crippen molar-refractivity contribution in [3.63, 3.8) is 0 Å². The van der Waals surface area contributed by atoms with Gasteiger partial charge in [-0.05, 0) is 41.8 Å². The Morgan fingerprint density at radius 3 is 2.75 bits per heavy atom. The number of rotatable bonds is 5. The van der Waals surface area contributed by atoms with Gasteiger partial charge >= 0.3 is 0 Å². The lowest BCUT2D eigenvalue weighted by Gasteiger charge is -2.31. The minimum atomic E-state index is 0.282. The zero-order valence-electron chi connectivity index (χ0n) is 13.6. The van der Waals surface area contributed by atoms with Gasteiger partial charge in [-0.1, -0.05) is 53.5 Å². The fourth-order valence-corrected chi connectivity index (χ4v) is 3.33. The summed E-state index contributed by atoms with van der Waals surface area (Å²) in [6.45, 7) is 3.07. The summed E-state index contributed by atoms with van der Waals surface area (Å²) in [5.41, 5.74) is 4.35. The smallest absolute Gasteiger partial charge is 0.0595 e. The van der Waals surface area contributed by atoms with Gasteiger partial charge < -0.3 is 10.3 Å². The molecule has 24 heavy (non-hydrogen) atoms. The van der Waals surface area contributed by atoms with Gasteiger partial charge in [-0.25, -0.2) is 0 Å². The van der Waals surface area contributed by atoms with Gasteiger partial charge in [-0.3, -0.25) is 0 Å². The molecule has 2 aromatic rings. The number of fused-ring (bicyclic) bond motifs is 1. The van der Waals surface area contributed by atoms with Crippen molar-refractivity contribution in [1.29, 1.82) is 5.41 Å². The summed E-state index contributed by atoms with van der Waals surface area (Å²) >= 11 is 12.0. The molecule has 2 aromatic carbocycles. The van der Waals surface area contributed by atoms with Crippen LogP contribution in [0.15, 0.2) is 48.7 Å². The molecule has 0 saturated carbocycles. The molecule has 0 saturated heterocycles. The maximum absolute atomic E-state index is 8.32. The normalized spacial score (nSPS) is 14.4. The fourth-order valence-electron chi connectivity index (χ4n) is 3.01. The van der Waals surface area contributed by atoms with Crippen LogP contribution in [0.4, 0.5) is 0 Å². The van der Waals surface area contributed by atoms with Crippen molar-refractivity contribution in [3.05, 3.63) is 75.4 Å². The van der Waals surface area contributed by atoms with E-state index in [2.05, 4.69) is 48.4 Å². The maximum Gasteiger partial charge on any atom is 0.0595 e. The van der Waals surface area contributed by atoms with Crippen LogP contribution in [-0.4, -0.2) is 16.7 Å². The van der Waals surface area contributed by atoms with Crippen LogP contribution in [-0.2, 0) is 13.0 Å². The van der Waals surface area contributed by atoms with Gasteiger partial charge in [0.15, 0.2) is 0 Å². The molecule has 0 radical (unpaired) electrons. The fraction of sp³-hybridized carbons (Fsp3) is 0.250. The third-order valence-corrected chi connectivity index (χ3v) is 5.10. The second-order valence-corrected chi connectivity index (χ2v) is 7.08. The summed E-state index contributed by atoms with van der Waals surface area (Å²) in [5.74, 6) is 0. The SMILES string of the molecule is CC(CC(=N)Cc1ccc(Cl)c(Cl)c1)N1C=Cc2ccccc2C1. The summed E-state index contributed by atoms with van der Waals surface area (Å²) in [5, 5.41) is 9.42. The molecule has 0 aliphatic carbocycles. The predicted molar refractivity (Wildman–Crippen MR) is 103 cm³/mol. The Kier molecular flexibility index (Phi) is 5.27. The van der Waals surface area contributed by atoms with Crippen molar-refractivity contribution in [3.8, 4) is 0 Å². The van der Waals surface area contributed by atoms with E-state index >= 15 is 0 Å². The Bertz CT molecular complexity index is 783. The third-order valence-electron chi connectivity index (χ3n) is 4.36. The lowest BCUT2D eigenvalue weighted by atomic mass is 10.00. The van der Waals surface area contributed by atoms with E-state index < -0.39 is 0 Å². The first kappa shape index (κ1) is 17.1. The molecule has 124 valence electrons. The first-order chi connectivity index (χ1) is 11.5. The van der Waals surface area contributed by atoms with E-state index in [0.29, 0.717) is 22.2 Å². The third kappa shape index (κ3) is 4.00. The lowest BCUT2D eigenvalue weighted by Crippen LogP contribution is -2.31. The largest absolute Gasteiger partial charge is 0.370 e. The average Bonchev–Trinajstić information content (AvgIpc) is 2.57. The number of nitrogens with one attached hydrogen (secondary N) is 1. The molecular formula is C20H20Cl2N2. The summed E-state index contributed by atoms with van der Waals surface area (Å²) in [6, 6.07) is 14.3. The number of nitrogens with zero attached hydrogens (tertiary/aromatic N) is 1. The molecule has 0 bridgehead atoms. The lowest BCUT2D eigenvalue weighted by molar-refractivity contribution is 0.289. The van der Waals surface area contributed by atoms with Crippen molar-refractivity contribution >= 4 is 35.0 Å². The van der Waals surface area contributed by atoms with Crippen LogP contribution in [0.3, 0.4) is 0 Å². The maximum atomic E-state index is 8.32. The Hall–Kier alpha value is -1.77. The molecule has 0 spiro atoms. The van der Waals surface area contributed by atoms with Crippen molar-refractivity contribution in [1.82, 2.24) is 4.90 Å². The predicted octanol–water partition coefficient (Wildman–Crippen LogP) is 5.82. The topological polar surface area (TPSA) is 27.1 Å². The van der Waals surface area contributed by atoms with Gasteiger partial charge in [-0.2, -0.15) is 0 Å². The number of benzene rings is 2. The average molecular weight is 359 g/mol. The first-order valence-corrected chi connectivity index (χ1v) is 8.80. The Morgan fingerprint density at radius 1 is 1.17 bits per heavy atom. The number of hydrogen-bond donors (Lipinski definition) is 1. The summed E-state index contributed by atoms with van der Waals surface area (Å²) in [4.78, 5) is 2.30. The van der Waals surface area contributed by atoms with Crippen LogP contribution >= 0.6 is 23.2 Å². The van der Waals surface area contributed by atoms with Crippen molar-refractivity contribution in [2.45, 2.75) is 32.4 Å². The van der Waals surface area contributed by atoms with E-state index in [1.54, 1.807) is 6.07 Å². The van der Waals surface area contributed by atoms with Crippen LogP contribution in [0.1, 0.15) is 30.0 Å². The van der Waals surface area contributed by atoms with E-state index in [4.69, 9.17) is 28.6 Å². The highest BCUT2D eigenvalue weighted by Gasteiger charge is 2.17. The minimum Gasteiger partial charge on any atom is -0.370 e. The van der Waals surface area contributed by atoms with E-state index in [0.717, 1.165) is 18.5 Å². The van der Waals surface area contributed by atoms with Crippen LogP contribution < -0.4 is 0 Å². The van der Waals surface area contributed by atoms with Gasteiger partial charge in [0.1, 0.15) is 0 Å². The quantitative estimate of drug-likeness (QED) is 0.669. The summed E-state index contributed by atoms with van der Waals surface area (Å²) in [7, 11) is 0. The number of hydrogen-bond acceptors (Lipinski definition) is 2. The summed E-state index contributed by atoms with van der Waals surface area (Å²) < 4.78 is 0. The zero-order valence-corrected chi connectivity index (χ0v) is 15.1. The standard InChI is InChI=1S/C20H20Cl2N2/c1-14(24-9-8-16-4-2-3-5-17(16)13-24)10-18(23)11-15-6-7-19(21)20(22)12-15/h2-9,12,14,23H,10-11,13H2,1H3. The molecule has 1 unspecified atom stereocenters. The molecule has 0 aromatic heterocycles. The first-order valence-electron chi connectivity index (χ1n) is 8.05. The van der Waals surface area contributed by atoms with E-state index in [9.17, 15) is 0 Å². The monoisotopic (exact) mass is 358 g/mol. The molecule has 1 atom stereocenters. The van der Waals surface area contributed by atoms with E-state index in [-0.39, 0.29) is 6.04 Å². The molecule has 2 nitrogen and oxygen atoms in total. The van der Waals surface area contributed by atoms with Crippen LogP contribution in [0.25, 0.3) is 6.08 Å². The molecule has 1 heterocycles. The number of halogens is 2. The minimum absolute atomic E-state index is 0.282. The zero-order chi connectivity index (χ0) is 17.1. The van der Waals surface area contributed by atoms with Crippen molar-refractivity contribution in [2.24, 2.45) is 0 Å². The molecule has 0 fully saturated rings. The summed E-state index contributed by atoms with van der Waals surface area (Å²) in [6.07, 6.45) is 5.62. The Morgan fingerprint density at radius 2 is 1.96 bits per heavy atom. The van der Waals surface area contributed by atoms with Crippen molar-refractivity contribution < 1.29 is 0 Å². The van der Waals surface area contributed by atoms with Crippen LogP contribution in [0.5, 0.6) is 0 Å². The highest BCUT2D eigenvalue weighted by atomic mass is 35.5. The highest BCUT2D eigenvalue weighted by Crippen LogP contribution is 2.24. The van der Waals surface area contributed by atoms with Crippen LogP contribution in [0, 0.1) is 5.41 Å². The molecule has 3 rings (SSSR count). The molecular weight excluding hydrogens is 339 g/mol.